The van der Waals surface area contributed by atoms with Gasteiger partial charge in [-0.25, -0.2) is 0 Å². The van der Waals surface area contributed by atoms with Crippen molar-refractivity contribution in [1.82, 2.24) is 20.0 Å². The average Bonchev–Trinajstić information content (AvgIpc) is 2.46. The third kappa shape index (κ3) is 2.82. The normalized spacial score (nSPS) is 11.2. The van der Waals surface area contributed by atoms with Crippen LogP contribution in [0.25, 0.3) is 0 Å². The van der Waals surface area contributed by atoms with Gasteiger partial charge in [-0.1, -0.05) is 0 Å². The maximum Gasteiger partial charge on any atom is 0.0537 e. The van der Waals surface area contributed by atoms with Crippen LogP contribution in [0.2, 0.25) is 0 Å². The molecule has 1 rings (SSSR count). The second-order valence-electron chi connectivity index (χ2n) is 3.72. The van der Waals surface area contributed by atoms with Gasteiger partial charge in [-0.15, -0.1) is 0 Å². The van der Waals surface area contributed by atoms with Gasteiger partial charge in [-0.2, -0.15) is 5.10 Å². The van der Waals surface area contributed by atoms with Crippen LogP contribution in [-0.4, -0.2) is 41.9 Å². The van der Waals surface area contributed by atoms with Crippen molar-refractivity contribution in [2.75, 3.05) is 27.2 Å². The molecule has 0 aliphatic heterocycles. The van der Waals surface area contributed by atoms with Gasteiger partial charge in [0.25, 0.3) is 0 Å². The van der Waals surface area contributed by atoms with Gasteiger partial charge < -0.3 is 10.2 Å². The number of aryl methyl sites for hydroxylation is 1. The molecule has 0 fully saturated rings. The van der Waals surface area contributed by atoms with Crippen molar-refractivity contribution in [3.63, 3.8) is 0 Å². The van der Waals surface area contributed by atoms with E-state index in [1.54, 1.807) is 0 Å². The van der Waals surface area contributed by atoms with Gasteiger partial charge in [0.1, 0.15) is 0 Å². The van der Waals surface area contributed by atoms with Crippen molar-refractivity contribution < 1.29 is 0 Å². The fourth-order valence-corrected chi connectivity index (χ4v) is 1.37. The van der Waals surface area contributed by atoms with Crippen LogP contribution in [0.3, 0.4) is 0 Å². The minimum Gasteiger partial charge on any atom is -0.318 e. The average molecular weight is 196 g/mol. The van der Waals surface area contributed by atoms with E-state index in [2.05, 4.69) is 29.3 Å². The van der Waals surface area contributed by atoms with E-state index in [4.69, 9.17) is 0 Å². The first kappa shape index (κ1) is 11.2. The lowest BCUT2D eigenvalue weighted by Crippen LogP contribution is -2.27. The molecule has 0 unspecified atom stereocenters. The first-order chi connectivity index (χ1) is 6.65. The second kappa shape index (κ2) is 5.12. The van der Waals surface area contributed by atoms with Gasteiger partial charge >= 0.3 is 0 Å². The molecule has 14 heavy (non-hydrogen) atoms. The molecule has 0 aromatic carbocycles. The van der Waals surface area contributed by atoms with Crippen LogP contribution in [-0.2, 0) is 13.6 Å². The summed E-state index contributed by atoms with van der Waals surface area (Å²) in [6.45, 7) is 5.16. The molecule has 4 nitrogen and oxygen atoms in total. The lowest BCUT2D eigenvalue weighted by Gasteiger charge is -2.15. The van der Waals surface area contributed by atoms with Crippen LogP contribution >= 0.6 is 0 Å². The Labute approximate surface area is 85.9 Å². The zero-order valence-electron chi connectivity index (χ0n) is 9.54. The second-order valence-corrected chi connectivity index (χ2v) is 3.72. The number of likely N-dealkylation sites (N-methyl/N-ethyl adjacent to an activating group) is 2. The Hall–Kier alpha value is -0.870. The zero-order chi connectivity index (χ0) is 10.6. The van der Waals surface area contributed by atoms with Crippen molar-refractivity contribution in [3.8, 4) is 0 Å². The van der Waals surface area contributed by atoms with Crippen LogP contribution in [0.4, 0.5) is 0 Å². The third-order valence-electron chi connectivity index (χ3n) is 2.52. The first-order valence-corrected chi connectivity index (χ1v) is 4.95. The van der Waals surface area contributed by atoms with Gasteiger partial charge in [-0.05, 0) is 21.0 Å². The molecule has 1 N–H and O–H groups in total. The summed E-state index contributed by atoms with van der Waals surface area (Å²) in [4.78, 5) is 2.29. The standard InChI is InChI=1S/C10H20N4/c1-9-10(7-12-14(9)4)8-13(3)6-5-11-2/h7,11H,5-6,8H2,1-4H3. The first-order valence-electron chi connectivity index (χ1n) is 4.95. The summed E-state index contributed by atoms with van der Waals surface area (Å²) < 4.78 is 1.92. The Kier molecular flexibility index (Phi) is 4.10. The van der Waals surface area contributed by atoms with Crippen LogP contribution in [0.1, 0.15) is 11.3 Å². The number of rotatable bonds is 5. The van der Waals surface area contributed by atoms with Crippen molar-refractivity contribution in [2.45, 2.75) is 13.5 Å². The quantitative estimate of drug-likeness (QED) is 0.739. The molecule has 0 aliphatic rings. The van der Waals surface area contributed by atoms with Crippen molar-refractivity contribution in [1.29, 1.82) is 0 Å². The predicted octanol–water partition coefficient (Wildman–Crippen LogP) is 0.380. The molecule has 1 aromatic heterocycles. The van der Waals surface area contributed by atoms with Crippen molar-refractivity contribution in [3.05, 3.63) is 17.5 Å². The largest absolute Gasteiger partial charge is 0.318 e. The van der Waals surface area contributed by atoms with Crippen molar-refractivity contribution in [2.24, 2.45) is 7.05 Å². The van der Waals surface area contributed by atoms with Crippen LogP contribution < -0.4 is 5.32 Å². The van der Waals surface area contributed by atoms with E-state index in [0.29, 0.717) is 0 Å². The Balaban J connectivity index is 2.47. The highest BCUT2D eigenvalue weighted by Crippen LogP contribution is 2.07. The highest BCUT2D eigenvalue weighted by molar-refractivity contribution is 5.15. The van der Waals surface area contributed by atoms with Gasteiger partial charge in [0, 0.05) is 37.9 Å². The maximum atomic E-state index is 4.22. The van der Waals surface area contributed by atoms with E-state index in [9.17, 15) is 0 Å². The van der Waals surface area contributed by atoms with E-state index < -0.39 is 0 Å². The molecule has 0 radical (unpaired) electrons. The van der Waals surface area contributed by atoms with Crippen LogP contribution in [0, 0.1) is 6.92 Å². The SMILES string of the molecule is CNCCN(C)Cc1cnn(C)c1C. The molecule has 0 bridgehead atoms. The summed E-state index contributed by atoms with van der Waals surface area (Å²) in [5.41, 5.74) is 2.56. The molecule has 0 aliphatic carbocycles. The Bertz CT molecular complexity index is 280. The summed E-state index contributed by atoms with van der Waals surface area (Å²) in [6, 6.07) is 0. The Morgan fingerprint density at radius 1 is 1.57 bits per heavy atom. The van der Waals surface area contributed by atoms with Crippen molar-refractivity contribution >= 4 is 0 Å². The van der Waals surface area contributed by atoms with E-state index >= 15 is 0 Å². The van der Waals surface area contributed by atoms with Crippen LogP contribution in [0.5, 0.6) is 0 Å². The topological polar surface area (TPSA) is 33.1 Å². The highest BCUT2D eigenvalue weighted by atomic mass is 15.3. The van der Waals surface area contributed by atoms with E-state index in [1.807, 2.05) is 25.0 Å². The monoisotopic (exact) mass is 196 g/mol. The van der Waals surface area contributed by atoms with Gasteiger partial charge in [0.05, 0.1) is 6.20 Å². The predicted molar refractivity (Wildman–Crippen MR) is 58.2 cm³/mol. The fraction of sp³-hybridized carbons (Fsp3) is 0.700. The molecular formula is C10H20N4. The van der Waals surface area contributed by atoms with E-state index in [-0.39, 0.29) is 0 Å². The summed E-state index contributed by atoms with van der Waals surface area (Å²) in [7, 11) is 6.08. The summed E-state index contributed by atoms with van der Waals surface area (Å²) in [5.74, 6) is 0. The molecular weight excluding hydrogens is 176 g/mol. The highest BCUT2D eigenvalue weighted by Gasteiger charge is 2.05. The molecule has 1 aromatic rings. The van der Waals surface area contributed by atoms with Gasteiger partial charge in [0.15, 0.2) is 0 Å². The number of hydrogen-bond donors (Lipinski definition) is 1. The van der Waals surface area contributed by atoms with Gasteiger partial charge in [-0.3, -0.25) is 4.68 Å². The molecule has 0 saturated carbocycles. The molecule has 80 valence electrons. The summed E-state index contributed by atoms with van der Waals surface area (Å²) in [6.07, 6.45) is 1.95. The molecule has 4 heteroatoms. The summed E-state index contributed by atoms with van der Waals surface area (Å²) >= 11 is 0. The Morgan fingerprint density at radius 3 is 2.79 bits per heavy atom. The number of nitrogens with zero attached hydrogens (tertiary/aromatic N) is 3. The molecule has 0 amide bonds. The summed E-state index contributed by atoms with van der Waals surface area (Å²) in [5, 5.41) is 7.37. The third-order valence-corrected chi connectivity index (χ3v) is 2.52. The maximum absolute atomic E-state index is 4.22. The number of hydrogen-bond acceptors (Lipinski definition) is 3. The molecule has 0 saturated heterocycles. The minimum atomic E-state index is 0.974. The fourth-order valence-electron chi connectivity index (χ4n) is 1.37. The molecule has 0 spiro atoms. The lowest BCUT2D eigenvalue weighted by atomic mass is 10.2. The number of aromatic nitrogens is 2. The van der Waals surface area contributed by atoms with E-state index in [0.717, 1.165) is 19.6 Å². The zero-order valence-corrected chi connectivity index (χ0v) is 9.54. The molecule has 1 heterocycles. The number of nitrogens with one attached hydrogen (secondary N) is 1. The van der Waals surface area contributed by atoms with Crippen LogP contribution in [0.15, 0.2) is 6.20 Å². The van der Waals surface area contributed by atoms with Gasteiger partial charge in [0.2, 0.25) is 0 Å². The smallest absolute Gasteiger partial charge is 0.0537 e. The van der Waals surface area contributed by atoms with E-state index in [1.165, 1.54) is 11.3 Å². The Morgan fingerprint density at radius 2 is 2.29 bits per heavy atom. The molecule has 0 atom stereocenters. The minimum absolute atomic E-state index is 0.974. The lowest BCUT2D eigenvalue weighted by molar-refractivity contribution is 0.327.